The number of rotatable bonds is 9. The maximum Gasteiger partial charge on any atom is 0.272 e. The van der Waals surface area contributed by atoms with Crippen LogP contribution in [0.25, 0.3) is 6.08 Å². The molecule has 0 aliphatic carbocycles. The van der Waals surface area contributed by atoms with Crippen molar-refractivity contribution in [3.05, 3.63) is 130 Å². The van der Waals surface area contributed by atoms with Gasteiger partial charge in [0.05, 0.1) is 27.4 Å². The first-order valence-electron chi connectivity index (χ1n) is 14.0. The van der Waals surface area contributed by atoms with Gasteiger partial charge in [0.2, 0.25) is 5.91 Å². The van der Waals surface area contributed by atoms with Crippen LogP contribution >= 0.6 is 35.0 Å². The summed E-state index contributed by atoms with van der Waals surface area (Å²) in [5.41, 5.74) is 1.87. The Morgan fingerprint density at radius 2 is 1.54 bits per heavy atom. The van der Waals surface area contributed by atoms with Crippen LogP contribution < -0.4 is 21.0 Å². The van der Waals surface area contributed by atoms with Gasteiger partial charge in [-0.15, -0.1) is 11.8 Å². The molecule has 46 heavy (non-hydrogen) atoms. The number of amidine groups is 1. The highest BCUT2D eigenvalue weighted by molar-refractivity contribution is 8.00. The predicted molar refractivity (Wildman–Crippen MR) is 183 cm³/mol. The highest BCUT2D eigenvalue weighted by atomic mass is 35.5. The van der Waals surface area contributed by atoms with Gasteiger partial charge in [0.25, 0.3) is 17.7 Å². The summed E-state index contributed by atoms with van der Waals surface area (Å²) < 4.78 is 0. The second-order valence-corrected chi connectivity index (χ2v) is 12.2. The number of amides is 4. The van der Waals surface area contributed by atoms with E-state index in [9.17, 15) is 19.2 Å². The van der Waals surface area contributed by atoms with Crippen LogP contribution in [0, 0.1) is 0 Å². The molecule has 4 aromatic rings. The molecule has 3 N–H and O–H groups in total. The molecule has 0 saturated carbocycles. The normalized spacial score (nSPS) is 13.5. The van der Waals surface area contributed by atoms with Crippen molar-refractivity contribution in [3.63, 3.8) is 0 Å². The number of hydrogen-bond acceptors (Lipinski definition) is 6. The van der Waals surface area contributed by atoms with Crippen molar-refractivity contribution in [2.75, 3.05) is 10.3 Å². The summed E-state index contributed by atoms with van der Waals surface area (Å²) in [7, 11) is 0. The largest absolute Gasteiger partial charge is 0.321 e. The molecule has 0 radical (unpaired) electrons. The zero-order valence-electron chi connectivity index (χ0n) is 24.4. The van der Waals surface area contributed by atoms with Crippen molar-refractivity contribution in [1.82, 2.24) is 10.6 Å². The molecule has 1 aliphatic heterocycles. The zero-order chi connectivity index (χ0) is 32.6. The summed E-state index contributed by atoms with van der Waals surface area (Å²) >= 11 is 13.8. The lowest BCUT2D eigenvalue weighted by atomic mass is 10.1. The third kappa shape index (κ3) is 8.22. The van der Waals surface area contributed by atoms with Crippen molar-refractivity contribution >= 4 is 81.9 Å². The Hall–Kier alpha value is -4.90. The Bertz CT molecular complexity index is 1830. The van der Waals surface area contributed by atoms with Gasteiger partial charge >= 0.3 is 0 Å². The Morgan fingerprint density at radius 3 is 2.24 bits per heavy atom. The molecular weight excluding hydrogens is 645 g/mol. The fourth-order valence-electron chi connectivity index (χ4n) is 4.32. The van der Waals surface area contributed by atoms with E-state index in [2.05, 4.69) is 21.1 Å². The number of para-hydroxylation sites is 1. The summed E-state index contributed by atoms with van der Waals surface area (Å²) in [6.45, 7) is 1.75. The Kier molecular flexibility index (Phi) is 10.5. The second kappa shape index (κ2) is 14.9. The third-order valence-electron chi connectivity index (χ3n) is 6.65. The van der Waals surface area contributed by atoms with E-state index in [4.69, 9.17) is 23.2 Å². The summed E-state index contributed by atoms with van der Waals surface area (Å²) in [5, 5.41) is 13.8. The van der Waals surface area contributed by atoms with Gasteiger partial charge in [0.15, 0.2) is 0 Å². The molecule has 1 aliphatic rings. The first-order chi connectivity index (χ1) is 22.2. The SMILES string of the molecule is CC(Sc1ccc(NC(=O)/C(=C/c2cccc(Cl)c2Cl)NC(=O)c2ccccc2)cc1)C(=O)NC1=NN(c2ccccc2)C(=O)C1. The van der Waals surface area contributed by atoms with Crippen LogP contribution in [0.1, 0.15) is 29.3 Å². The maximum absolute atomic E-state index is 13.4. The number of benzene rings is 4. The summed E-state index contributed by atoms with van der Waals surface area (Å²) in [5.74, 6) is -1.29. The lowest BCUT2D eigenvalue weighted by Gasteiger charge is -2.13. The highest BCUT2D eigenvalue weighted by Crippen LogP contribution is 2.28. The minimum Gasteiger partial charge on any atom is -0.321 e. The molecule has 1 atom stereocenters. The molecule has 4 amide bonds. The zero-order valence-corrected chi connectivity index (χ0v) is 26.7. The molecular formula is C34H27Cl2N5O4S. The minimum atomic E-state index is -0.579. The van der Waals surface area contributed by atoms with E-state index in [1.54, 1.807) is 104 Å². The van der Waals surface area contributed by atoms with Gasteiger partial charge in [-0.3, -0.25) is 19.2 Å². The fraction of sp³-hybridized carbons (Fsp3) is 0.0882. The number of thioether (sulfide) groups is 1. The average molecular weight is 673 g/mol. The van der Waals surface area contributed by atoms with Gasteiger partial charge in [-0.05, 0) is 73.2 Å². The molecule has 5 rings (SSSR count). The monoisotopic (exact) mass is 671 g/mol. The van der Waals surface area contributed by atoms with E-state index in [-0.39, 0.29) is 34.8 Å². The number of anilines is 2. The number of halogens is 2. The van der Waals surface area contributed by atoms with E-state index < -0.39 is 17.1 Å². The van der Waals surface area contributed by atoms with E-state index in [1.165, 1.54) is 22.8 Å². The smallest absolute Gasteiger partial charge is 0.272 e. The van der Waals surface area contributed by atoms with Crippen molar-refractivity contribution in [3.8, 4) is 0 Å². The van der Waals surface area contributed by atoms with Gasteiger partial charge in [0.1, 0.15) is 11.5 Å². The van der Waals surface area contributed by atoms with E-state index in [1.807, 2.05) is 6.07 Å². The molecule has 0 bridgehead atoms. The van der Waals surface area contributed by atoms with Crippen LogP contribution in [0.5, 0.6) is 0 Å². The van der Waals surface area contributed by atoms with Gasteiger partial charge in [-0.1, -0.05) is 71.7 Å². The van der Waals surface area contributed by atoms with Crippen molar-refractivity contribution in [2.24, 2.45) is 5.10 Å². The molecule has 0 aromatic heterocycles. The van der Waals surface area contributed by atoms with Crippen LogP contribution in [-0.2, 0) is 14.4 Å². The predicted octanol–water partition coefficient (Wildman–Crippen LogP) is 6.75. The topological polar surface area (TPSA) is 120 Å². The molecule has 0 saturated heterocycles. The molecule has 12 heteroatoms. The second-order valence-electron chi connectivity index (χ2n) is 10.0. The standard InChI is InChI=1S/C34H27Cl2N5O4S/c1-21(32(43)39-29-20-30(42)41(40-29)25-12-6-3-7-13-25)46-26-17-15-24(16-18-26)37-34(45)28(19-23-11-8-14-27(35)31(23)36)38-33(44)22-9-4-2-5-10-22/h2-19,21H,20H2,1H3,(H,37,45)(H,38,44)(H,39,40,43)/b28-19-. The molecule has 0 fully saturated rings. The number of carbonyl (C=O) groups is 4. The Balaban J connectivity index is 1.23. The van der Waals surface area contributed by atoms with E-state index in [0.717, 1.165) is 4.90 Å². The number of carbonyl (C=O) groups excluding carboxylic acids is 4. The van der Waals surface area contributed by atoms with E-state index >= 15 is 0 Å². The average Bonchev–Trinajstić information content (AvgIpc) is 3.43. The van der Waals surface area contributed by atoms with Gasteiger partial charge < -0.3 is 16.0 Å². The summed E-state index contributed by atoms with van der Waals surface area (Å²) in [6.07, 6.45) is 1.45. The van der Waals surface area contributed by atoms with Gasteiger partial charge in [0, 0.05) is 16.1 Å². The molecule has 1 heterocycles. The van der Waals surface area contributed by atoms with Gasteiger partial charge in [-0.2, -0.15) is 10.1 Å². The number of nitrogens with one attached hydrogen (secondary N) is 3. The van der Waals surface area contributed by atoms with Crippen molar-refractivity contribution < 1.29 is 19.2 Å². The lowest BCUT2D eigenvalue weighted by molar-refractivity contribution is -0.119. The van der Waals surface area contributed by atoms with Crippen LogP contribution in [0.15, 0.2) is 119 Å². The summed E-state index contributed by atoms with van der Waals surface area (Å²) in [4.78, 5) is 52.3. The quantitative estimate of drug-likeness (QED) is 0.134. The highest BCUT2D eigenvalue weighted by Gasteiger charge is 2.27. The van der Waals surface area contributed by atoms with Crippen LogP contribution in [0.3, 0.4) is 0 Å². The third-order valence-corrected chi connectivity index (χ3v) is 8.59. The number of hydrogen-bond donors (Lipinski definition) is 3. The Morgan fingerprint density at radius 1 is 0.870 bits per heavy atom. The van der Waals surface area contributed by atoms with Crippen LogP contribution in [-0.4, -0.2) is 34.7 Å². The number of nitrogens with zero attached hydrogens (tertiary/aromatic N) is 2. The van der Waals surface area contributed by atoms with Gasteiger partial charge in [-0.25, -0.2) is 0 Å². The minimum absolute atomic E-state index is 0.00182. The first kappa shape index (κ1) is 32.5. The molecule has 4 aromatic carbocycles. The summed E-state index contributed by atoms with van der Waals surface area (Å²) in [6, 6.07) is 29.4. The lowest BCUT2D eigenvalue weighted by Crippen LogP contribution is -2.35. The molecule has 232 valence electrons. The van der Waals surface area contributed by atoms with E-state index in [0.29, 0.717) is 27.5 Å². The molecule has 9 nitrogen and oxygen atoms in total. The molecule has 1 unspecified atom stereocenters. The number of hydrazone groups is 1. The maximum atomic E-state index is 13.4. The first-order valence-corrected chi connectivity index (χ1v) is 15.7. The Labute approximate surface area is 279 Å². The van der Waals surface area contributed by atoms with Crippen molar-refractivity contribution in [2.45, 2.75) is 23.5 Å². The van der Waals surface area contributed by atoms with Crippen LogP contribution in [0.2, 0.25) is 10.0 Å². The van der Waals surface area contributed by atoms with Crippen LogP contribution in [0.4, 0.5) is 11.4 Å². The van der Waals surface area contributed by atoms with Crippen molar-refractivity contribution in [1.29, 1.82) is 0 Å². The fourth-order valence-corrected chi connectivity index (χ4v) is 5.55. The molecule has 0 spiro atoms.